The van der Waals surface area contributed by atoms with Gasteiger partial charge in [-0.1, -0.05) is 6.07 Å². The van der Waals surface area contributed by atoms with Crippen molar-refractivity contribution in [2.45, 2.75) is 25.8 Å². The fourth-order valence-electron chi connectivity index (χ4n) is 3.85. The molecule has 1 aliphatic heterocycles. The number of nitrogens with one attached hydrogen (secondary N) is 1. The second-order valence-corrected chi connectivity index (χ2v) is 6.78. The monoisotopic (exact) mass is 323 g/mol. The number of aromatic carboxylic acids is 1. The Balaban J connectivity index is 1.63. The lowest BCUT2D eigenvalue weighted by molar-refractivity contribution is 0.0696. The number of rotatable bonds is 2. The largest absolute Gasteiger partial charge is 0.478 e. The number of carboxylic acids is 1. The van der Waals surface area contributed by atoms with Gasteiger partial charge in [-0.25, -0.2) is 10.2 Å². The van der Waals surface area contributed by atoms with Crippen molar-refractivity contribution in [3.8, 4) is 0 Å². The highest BCUT2D eigenvalue weighted by molar-refractivity contribution is 5.88. The lowest BCUT2D eigenvalue weighted by Crippen LogP contribution is -2.32. The first kappa shape index (κ1) is 15.0. The average Bonchev–Trinajstić information content (AvgIpc) is 3.01. The highest BCUT2D eigenvalue weighted by Gasteiger charge is 2.37. The summed E-state index contributed by atoms with van der Waals surface area (Å²) in [5, 5.41) is 11.4. The topological polar surface area (TPSA) is 78.6 Å². The van der Waals surface area contributed by atoms with Crippen LogP contribution in [0.1, 0.15) is 39.5 Å². The van der Waals surface area contributed by atoms with E-state index in [4.69, 9.17) is 5.73 Å². The number of aryl methyl sites for hydroxylation is 2. The van der Waals surface area contributed by atoms with Gasteiger partial charge in [-0.15, -0.1) is 0 Å². The quantitative estimate of drug-likeness (QED) is 0.741. The molecule has 0 aromatic heterocycles. The predicted octanol–water partition coefficient (Wildman–Crippen LogP) is 2.90. The summed E-state index contributed by atoms with van der Waals surface area (Å²) < 4.78 is 0. The van der Waals surface area contributed by atoms with Gasteiger partial charge in [-0.05, 0) is 72.7 Å². The summed E-state index contributed by atoms with van der Waals surface area (Å²) in [4.78, 5) is 11.2. The molecule has 0 spiro atoms. The highest BCUT2D eigenvalue weighted by atomic mass is 16.4. The molecule has 1 saturated heterocycles. The van der Waals surface area contributed by atoms with Crippen molar-refractivity contribution in [1.29, 1.82) is 0 Å². The normalized spacial score (nSPS) is 22.1. The van der Waals surface area contributed by atoms with Gasteiger partial charge in [0.1, 0.15) is 0 Å². The van der Waals surface area contributed by atoms with Crippen molar-refractivity contribution in [1.82, 2.24) is 5.43 Å². The third-order valence-corrected chi connectivity index (χ3v) is 5.26. The number of fused-ring (bicyclic) bond motifs is 3. The van der Waals surface area contributed by atoms with Crippen LogP contribution in [0.4, 0.5) is 11.4 Å². The smallest absolute Gasteiger partial charge is 0.335 e. The van der Waals surface area contributed by atoms with Crippen LogP contribution in [-0.4, -0.2) is 17.6 Å². The van der Waals surface area contributed by atoms with Crippen LogP contribution in [0.5, 0.6) is 0 Å². The Hall–Kier alpha value is -2.53. The number of nitrogens with zero attached hydrogens (tertiary/aromatic N) is 1. The molecular weight excluding hydrogens is 302 g/mol. The number of benzene rings is 2. The van der Waals surface area contributed by atoms with Crippen molar-refractivity contribution in [3.05, 3.63) is 58.7 Å². The molecule has 5 nitrogen and oxygen atoms in total. The summed E-state index contributed by atoms with van der Waals surface area (Å²) in [6, 6.07) is 11.8. The number of carboxylic acid groups (broad SMARTS) is 1. The van der Waals surface area contributed by atoms with E-state index in [0.29, 0.717) is 11.5 Å². The molecule has 0 bridgehead atoms. The molecular formula is C19H21N3O2. The maximum absolute atomic E-state index is 11.2. The molecule has 2 aromatic carbocycles. The fourth-order valence-corrected chi connectivity index (χ4v) is 3.85. The van der Waals surface area contributed by atoms with E-state index < -0.39 is 5.97 Å². The molecule has 4 rings (SSSR count). The van der Waals surface area contributed by atoms with Crippen LogP contribution < -0.4 is 16.2 Å². The Morgan fingerprint density at radius 3 is 2.88 bits per heavy atom. The van der Waals surface area contributed by atoms with Gasteiger partial charge in [-0.2, -0.15) is 0 Å². The lowest BCUT2D eigenvalue weighted by atomic mass is 9.80. The van der Waals surface area contributed by atoms with Crippen LogP contribution in [0.25, 0.3) is 0 Å². The second-order valence-electron chi connectivity index (χ2n) is 6.78. The van der Waals surface area contributed by atoms with Crippen LogP contribution in [0.2, 0.25) is 0 Å². The van der Waals surface area contributed by atoms with Crippen LogP contribution in [0.3, 0.4) is 0 Å². The number of nitrogens with two attached hydrogens (primary N) is 1. The summed E-state index contributed by atoms with van der Waals surface area (Å²) in [5.41, 5.74) is 15.3. The van der Waals surface area contributed by atoms with Crippen molar-refractivity contribution in [3.63, 3.8) is 0 Å². The SMILES string of the molecule is Cc1cc(N2C[C@@H]3CCc4cc(C(=O)O)ccc4C3N2)ccc1N. The number of nitrogen functional groups attached to an aromatic ring is 1. The molecule has 0 amide bonds. The van der Waals surface area contributed by atoms with E-state index in [1.165, 1.54) is 5.56 Å². The molecule has 1 fully saturated rings. The minimum absolute atomic E-state index is 0.245. The van der Waals surface area contributed by atoms with E-state index in [-0.39, 0.29) is 6.04 Å². The summed E-state index contributed by atoms with van der Waals surface area (Å²) >= 11 is 0. The van der Waals surface area contributed by atoms with E-state index in [1.54, 1.807) is 6.07 Å². The Bertz CT molecular complexity index is 818. The Labute approximate surface area is 141 Å². The number of hydrogen-bond donors (Lipinski definition) is 3. The maximum Gasteiger partial charge on any atom is 0.335 e. The second kappa shape index (κ2) is 5.53. The summed E-state index contributed by atoms with van der Waals surface area (Å²) in [7, 11) is 0. The molecule has 1 unspecified atom stereocenters. The summed E-state index contributed by atoms with van der Waals surface area (Å²) in [6.45, 7) is 2.97. The predicted molar refractivity (Wildman–Crippen MR) is 94.0 cm³/mol. The van der Waals surface area contributed by atoms with Gasteiger partial charge in [0.05, 0.1) is 17.3 Å². The van der Waals surface area contributed by atoms with Gasteiger partial charge in [0.2, 0.25) is 0 Å². The molecule has 2 atom stereocenters. The first-order valence-electron chi connectivity index (χ1n) is 8.29. The van der Waals surface area contributed by atoms with Crippen LogP contribution >= 0.6 is 0 Å². The molecule has 4 N–H and O–H groups in total. The third kappa shape index (κ3) is 2.41. The standard InChI is InChI=1S/C19H21N3O2/c1-11-8-15(5-7-17(11)20)22-10-14-3-2-12-9-13(19(23)24)4-6-16(12)18(14)21-22/h4-9,14,18,21H,2-3,10,20H2,1H3,(H,23,24)/t14-,18?/m0/s1. The molecule has 0 saturated carbocycles. The average molecular weight is 323 g/mol. The minimum Gasteiger partial charge on any atom is -0.478 e. The van der Waals surface area contributed by atoms with Crippen molar-refractivity contribution in [2.75, 3.05) is 17.3 Å². The van der Waals surface area contributed by atoms with E-state index in [1.807, 2.05) is 31.2 Å². The molecule has 2 aliphatic rings. The Kier molecular flexibility index (Phi) is 3.46. The number of hydrazine groups is 1. The van der Waals surface area contributed by atoms with Crippen LogP contribution in [0.15, 0.2) is 36.4 Å². The van der Waals surface area contributed by atoms with E-state index in [2.05, 4.69) is 16.5 Å². The van der Waals surface area contributed by atoms with Gasteiger partial charge < -0.3 is 15.8 Å². The number of hydrogen-bond acceptors (Lipinski definition) is 4. The van der Waals surface area contributed by atoms with Crippen molar-refractivity contribution >= 4 is 17.3 Å². The van der Waals surface area contributed by atoms with Gasteiger partial charge >= 0.3 is 5.97 Å². The summed E-state index contributed by atoms with van der Waals surface area (Å²) in [5.74, 6) is -0.329. The maximum atomic E-state index is 11.2. The molecule has 0 radical (unpaired) electrons. The lowest BCUT2D eigenvalue weighted by Gasteiger charge is -2.27. The highest BCUT2D eigenvalue weighted by Crippen LogP contribution is 2.40. The molecule has 2 aromatic rings. The third-order valence-electron chi connectivity index (χ3n) is 5.26. The van der Waals surface area contributed by atoms with E-state index in [9.17, 15) is 9.90 Å². The minimum atomic E-state index is -0.863. The first-order chi connectivity index (χ1) is 11.5. The van der Waals surface area contributed by atoms with Crippen molar-refractivity contribution in [2.24, 2.45) is 5.92 Å². The fraction of sp³-hybridized carbons (Fsp3) is 0.316. The van der Waals surface area contributed by atoms with Crippen LogP contribution in [0, 0.1) is 12.8 Å². The number of carbonyl (C=O) groups is 1. The summed E-state index contributed by atoms with van der Waals surface area (Å²) in [6.07, 6.45) is 2.01. The molecule has 1 aliphatic carbocycles. The van der Waals surface area contributed by atoms with E-state index >= 15 is 0 Å². The Morgan fingerprint density at radius 2 is 2.12 bits per heavy atom. The van der Waals surface area contributed by atoms with Gasteiger partial charge in [-0.3, -0.25) is 0 Å². The molecule has 124 valence electrons. The molecule has 1 heterocycles. The van der Waals surface area contributed by atoms with Gasteiger partial charge in [0.25, 0.3) is 0 Å². The number of anilines is 2. The van der Waals surface area contributed by atoms with E-state index in [0.717, 1.165) is 41.9 Å². The zero-order valence-electron chi connectivity index (χ0n) is 13.6. The zero-order chi connectivity index (χ0) is 16.8. The Morgan fingerprint density at radius 1 is 1.29 bits per heavy atom. The molecule has 24 heavy (non-hydrogen) atoms. The first-order valence-corrected chi connectivity index (χ1v) is 8.29. The zero-order valence-corrected chi connectivity index (χ0v) is 13.6. The van der Waals surface area contributed by atoms with Gasteiger partial charge in [0.15, 0.2) is 0 Å². The molecule has 5 heteroatoms. The van der Waals surface area contributed by atoms with Crippen LogP contribution in [-0.2, 0) is 6.42 Å². The van der Waals surface area contributed by atoms with Crippen molar-refractivity contribution < 1.29 is 9.90 Å². The van der Waals surface area contributed by atoms with Gasteiger partial charge in [0, 0.05) is 12.2 Å².